The lowest BCUT2D eigenvalue weighted by Gasteiger charge is -1.99. The molecule has 2 rings (SSSR count). The van der Waals surface area contributed by atoms with Gasteiger partial charge in [0.15, 0.2) is 17.4 Å². The van der Waals surface area contributed by atoms with Gasteiger partial charge < -0.3 is 10.2 Å². The minimum atomic E-state index is -0.859. The molecule has 0 atom stereocenters. The highest BCUT2D eigenvalue weighted by atomic mass is 27.0. The lowest BCUT2D eigenvalue weighted by atomic mass is 10.1. The van der Waals surface area contributed by atoms with Gasteiger partial charge in [-0.3, -0.25) is 0 Å². The van der Waals surface area contributed by atoms with Crippen LogP contribution in [0.2, 0.25) is 0 Å². The fourth-order valence-corrected chi connectivity index (χ4v) is 2.39. The number of carboxylic acid groups (broad SMARTS) is 2. The monoisotopic (exact) mass is 386 g/mol. The summed E-state index contributed by atoms with van der Waals surface area (Å²) < 4.78 is 0. The normalized spacial score (nSPS) is 9.56. The van der Waals surface area contributed by atoms with Crippen LogP contribution in [0.5, 0.6) is 0 Å². The van der Waals surface area contributed by atoms with Crippen LogP contribution >= 0.6 is 0 Å². The van der Waals surface area contributed by atoms with Gasteiger partial charge in [-0.05, 0) is 61.1 Å². The number of hydrogen-bond acceptors (Lipinski definition) is 2. The highest BCUT2D eigenvalue weighted by Crippen LogP contribution is 2.08. The van der Waals surface area contributed by atoms with Gasteiger partial charge in [-0.25, -0.2) is 9.59 Å². The van der Waals surface area contributed by atoms with Crippen molar-refractivity contribution < 1.29 is 19.8 Å². The van der Waals surface area contributed by atoms with E-state index in [0.29, 0.717) is 11.1 Å². The topological polar surface area (TPSA) is 74.6 Å². The summed E-state index contributed by atoms with van der Waals surface area (Å²) in [5, 5.41) is 17.3. The van der Waals surface area contributed by atoms with E-state index in [1.165, 1.54) is 24.0 Å². The molecule has 0 aliphatic carbocycles. The van der Waals surface area contributed by atoms with Crippen molar-refractivity contribution in [3.05, 3.63) is 70.8 Å². The Morgan fingerprint density at radius 2 is 0.963 bits per heavy atom. The molecule has 0 radical (unpaired) electrons. The Labute approximate surface area is 172 Å². The summed E-state index contributed by atoms with van der Waals surface area (Å²) in [6.07, 6.45) is 6.73. The lowest BCUT2D eigenvalue weighted by molar-refractivity contribution is 0.0686. The highest BCUT2D eigenvalue weighted by Gasteiger charge is 2.01. The number of aryl methyl sites for hydroxylation is 2. The smallest absolute Gasteiger partial charge is 0.335 e. The Morgan fingerprint density at radius 3 is 1.19 bits per heavy atom. The van der Waals surface area contributed by atoms with Crippen LogP contribution in [0.25, 0.3) is 0 Å². The third-order valence-corrected chi connectivity index (χ3v) is 4.04. The predicted octanol–water partition coefficient (Wildman–Crippen LogP) is 4.27. The molecule has 0 fully saturated rings. The second kappa shape index (κ2) is 14.0. The fraction of sp³-hybridized carbons (Fsp3) is 0.364. The largest absolute Gasteiger partial charge is 0.478 e. The van der Waals surface area contributed by atoms with Crippen molar-refractivity contribution in [2.45, 2.75) is 52.4 Å². The zero-order valence-corrected chi connectivity index (χ0v) is 15.6. The van der Waals surface area contributed by atoms with Crippen LogP contribution in [0.15, 0.2) is 48.5 Å². The molecule has 0 amide bonds. The Morgan fingerprint density at radius 1 is 0.667 bits per heavy atom. The van der Waals surface area contributed by atoms with Crippen LogP contribution in [0, 0.1) is 0 Å². The average molecular weight is 386 g/mol. The Hall–Kier alpha value is -2.09. The molecule has 0 aromatic heterocycles. The van der Waals surface area contributed by atoms with Gasteiger partial charge in [0.25, 0.3) is 0 Å². The molecule has 2 aromatic rings. The molecule has 0 saturated heterocycles. The number of hydrogen-bond donors (Lipinski definition) is 2. The fourth-order valence-electron chi connectivity index (χ4n) is 2.39. The minimum Gasteiger partial charge on any atom is -0.478 e. The molecular weight excluding hydrogens is 355 g/mol. The standard InChI is InChI=1S/2C11H14O2.Al.3H/c2*1-2-3-4-9-5-7-10(8-6-9)11(12)13;;;;/h2*5-8H,2-4H2,1H3,(H,12,13);;;;. The molecule has 0 heterocycles. The van der Waals surface area contributed by atoms with E-state index in [-0.39, 0.29) is 17.4 Å². The highest BCUT2D eigenvalue weighted by molar-refractivity contribution is 5.87. The maximum Gasteiger partial charge on any atom is 0.335 e. The zero-order valence-electron chi connectivity index (χ0n) is 15.6. The van der Waals surface area contributed by atoms with Crippen molar-refractivity contribution in [3.8, 4) is 0 Å². The first-order chi connectivity index (χ1) is 12.5. The van der Waals surface area contributed by atoms with E-state index in [0.717, 1.165) is 25.7 Å². The van der Waals surface area contributed by atoms with E-state index in [1.54, 1.807) is 24.3 Å². The zero-order chi connectivity index (χ0) is 19.4. The molecule has 0 aliphatic heterocycles. The predicted molar refractivity (Wildman–Crippen MR) is 114 cm³/mol. The minimum absolute atomic E-state index is 0. The molecule has 4 nitrogen and oxygen atoms in total. The summed E-state index contributed by atoms with van der Waals surface area (Å²) in [5.74, 6) is -1.72. The molecule has 27 heavy (non-hydrogen) atoms. The first-order valence-electron chi connectivity index (χ1n) is 9.12. The molecular formula is C22H31AlO4. The molecule has 0 spiro atoms. The number of rotatable bonds is 8. The number of carbonyl (C=O) groups is 2. The third-order valence-electron chi connectivity index (χ3n) is 4.04. The second-order valence-electron chi connectivity index (χ2n) is 6.21. The van der Waals surface area contributed by atoms with Crippen LogP contribution in [0.1, 0.15) is 71.4 Å². The Kier molecular flexibility index (Phi) is 12.9. The summed E-state index contributed by atoms with van der Waals surface area (Å²) >= 11 is 0. The van der Waals surface area contributed by atoms with E-state index in [2.05, 4.69) is 13.8 Å². The molecule has 146 valence electrons. The lowest BCUT2D eigenvalue weighted by Crippen LogP contribution is -1.95. The van der Waals surface area contributed by atoms with E-state index in [4.69, 9.17) is 10.2 Å². The summed E-state index contributed by atoms with van der Waals surface area (Å²) in [5.41, 5.74) is 3.15. The van der Waals surface area contributed by atoms with Gasteiger partial charge >= 0.3 is 11.9 Å². The van der Waals surface area contributed by atoms with Crippen LogP contribution < -0.4 is 0 Å². The first kappa shape index (κ1) is 24.9. The van der Waals surface area contributed by atoms with E-state index >= 15 is 0 Å². The number of benzene rings is 2. The van der Waals surface area contributed by atoms with Crippen LogP contribution in [0.4, 0.5) is 0 Å². The van der Waals surface area contributed by atoms with Crippen LogP contribution in [-0.2, 0) is 12.8 Å². The summed E-state index contributed by atoms with van der Waals surface area (Å²) in [6.45, 7) is 4.29. The number of unbranched alkanes of at least 4 members (excludes halogenated alkanes) is 2. The quantitative estimate of drug-likeness (QED) is 0.665. The van der Waals surface area contributed by atoms with E-state index in [9.17, 15) is 9.59 Å². The average Bonchev–Trinajstić information content (AvgIpc) is 2.66. The Balaban J connectivity index is 0.000000483. The van der Waals surface area contributed by atoms with Crippen LogP contribution in [-0.4, -0.2) is 39.5 Å². The van der Waals surface area contributed by atoms with Gasteiger partial charge in [0.05, 0.1) is 11.1 Å². The summed E-state index contributed by atoms with van der Waals surface area (Å²) in [4.78, 5) is 21.1. The van der Waals surface area contributed by atoms with Crippen LogP contribution in [0.3, 0.4) is 0 Å². The molecule has 0 saturated carbocycles. The van der Waals surface area contributed by atoms with Gasteiger partial charge in [0.1, 0.15) is 0 Å². The van der Waals surface area contributed by atoms with Crippen molar-refractivity contribution in [3.63, 3.8) is 0 Å². The van der Waals surface area contributed by atoms with Gasteiger partial charge in [-0.1, -0.05) is 51.0 Å². The molecule has 0 unspecified atom stereocenters. The van der Waals surface area contributed by atoms with Crippen molar-refractivity contribution >= 4 is 29.3 Å². The van der Waals surface area contributed by atoms with Gasteiger partial charge in [-0.2, -0.15) is 0 Å². The van der Waals surface area contributed by atoms with E-state index in [1.807, 2.05) is 24.3 Å². The SMILES string of the molecule is CCCCc1ccc(C(=O)O)cc1.CCCCc1ccc(C(=O)O)cc1.[AlH3]. The molecule has 0 aliphatic rings. The van der Waals surface area contributed by atoms with Gasteiger partial charge in [-0.15, -0.1) is 0 Å². The number of aromatic carboxylic acids is 2. The Bertz CT molecular complexity index is 617. The molecule has 2 aromatic carbocycles. The van der Waals surface area contributed by atoms with E-state index < -0.39 is 11.9 Å². The summed E-state index contributed by atoms with van der Waals surface area (Å²) in [7, 11) is 0. The second-order valence-corrected chi connectivity index (χ2v) is 6.21. The summed E-state index contributed by atoms with van der Waals surface area (Å²) in [6, 6.07) is 14.2. The van der Waals surface area contributed by atoms with Crippen molar-refractivity contribution in [1.82, 2.24) is 0 Å². The third kappa shape index (κ3) is 9.98. The maximum atomic E-state index is 10.5. The molecule has 2 N–H and O–H groups in total. The number of carboxylic acids is 2. The van der Waals surface area contributed by atoms with Gasteiger partial charge in [0, 0.05) is 0 Å². The maximum absolute atomic E-state index is 10.5. The van der Waals surface area contributed by atoms with Crippen molar-refractivity contribution in [2.75, 3.05) is 0 Å². The van der Waals surface area contributed by atoms with Crippen molar-refractivity contribution in [2.24, 2.45) is 0 Å². The molecule has 0 bridgehead atoms. The van der Waals surface area contributed by atoms with Crippen molar-refractivity contribution in [1.29, 1.82) is 0 Å². The van der Waals surface area contributed by atoms with Gasteiger partial charge in [0.2, 0.25) is 0 Å². The molecule has 5 heteroatoms. The first-order valence-corrected chi connectivity index (χ1v) is 9.12.